The predicted molar refractivity (Wildman–Crippen MR) is 77.7 cm³/mol. The molecule has 2 bridgehead atoms. The number of nitrogens with two attached hydrogens (primary N) is 1. The molecular formula is C15H20BrFN2. The summed E-state index contributed by atoms with van der Waals surface area (Å²) in [4.78, 5) is 0. The van der Waals surface area contributed by atoms with Crippen molar-refractivity contribution in [3.8, 4) is 0 Å². The largest absolute Gasteiger partial charge is 0.271 e. The predicted octanol–water partition coefficient (Wildman–Crippen LogP) is 3.92. The van der Waals surface area contributed by atoms with Crippen molar-refractivity contribution in [2.24, 2.45) is 23.6 Å². The summed E-state index contributed by atoms with van der Waals surface area (Å²) >= 11 is 3.34. The van der Waals surface area contributed by atoms with Crippen LogP contribution in [0.15, 0.2) is 22.7 Å². The number of fused-ring (bicyclic) bond motifs is 2. The van der Waals surface area contributed by atoms with Gasteiger partial charge in [0, 0.05) is 6.04 Å². The minimum absolute atomic E-state index is 0.0365. The van der Waals surface area contributed by atoms with Gasteiger partial charge < -0.3 is 0 Å². The highest BCUT2D eigenvalue weighted by atomic mass is 79.9. The van der Waals surface area contributed by atoms with E-state index < -0.39 is 0 Å². The molecule has 2 saturated carbocycles. The van der Waals surface area contributed by atoms with Crippen LogP contribution in [0.2, 0.25) is 0 Å². The molecule has 2 fully saturated rings. The Morgan fingerprint density at radius 3 is 2.84 bits per heavy atom. The Balaban J connectivity index is 1.75. The highest BCUT2D eigenvalue weighted by Gasteiger charge is 2.40. The van der Waals surface area contributed by atoms with E-state index in [0.29, 0.717) is 4.47 Å². The smallest absolute Gasteiger partial charge is 0.137 e. The lowest BCUT2D eigenvalue weighted by Gasteiger charge is -2.27. The van der Waals surface area contributed by atoms with Gasteiger partial charge in [0.15, 0.2) is 0 Å². The lowest BCUT2D eigenvalue weighted by molar-refractivity contribution is 0.279. The summed E-state index contributed by atoms with van der Waals surface area (Å²) in [5, 5.41) is 0. The minimum Gasteiger partial charge on any atom is -0.271 e. The van der Waals surface area contributed by atoms with Crippen molar-refractivity contribution in [1.29, 1.82) is 0 Å². The Bertz CT molecular complexity index is 465. The first-order valence-electron chi connectivity index (χ1n) is 7.09. The lowest BCUT2D eigenvalue weighted by Crippen LogP contribution is -2.31. The zero-order chi connectivity index (χ0) is 13.4. The normalized spacial score (nSPS) is 30.8. The van der Waals surface area contributed by atoms with E-state index >= 15 is 0 Å². The second-order valence-electron chi connectivity index (χ2n) is 6.03. The Morgan fingerprint density at radius 2 is 2.21 bits per heavy atom. The van der Waals surface area contributed by atoms with Gasteiger partial charge in [-0.1, -0.05) is 18.6 Å². The molecule has 0 saturated heterocycles. The molecule has 4 heteroatoms. The second-order valence-corrected chi connectivity index (χ2v) is 6.83. The molecule has 4 atom stereocenters. The summed E-state index contributed by atoms with van der Waals surface area (Å²) in [5.41, 5.74) is 3.81. The zero-order valence-electron chi connectivity index (χ0n) is 10.9. The summed E-state index contributed by atoms with van der Waals surface area (Å²) in [7, 11) is 0. The van der Waals surface area contributed by atoms with Crippen LogP contribution in [0.4, 0.5) is 4.39 Å². The maximum Gasteiger partial charge on any atom is 0.137 e. The Hall–Kier alpha value is -0.450. The van der Waals surface area contributed by atoms with E-state index in [1.54, 1.807) is 6.07 Å². The Morgan fingerprint density at radius 1 is 1.37 bits per heavy atom. The first-order valence-corrected chi connectivity index (χ1v) is 7.88. The fraction of sp³-hybridized carbons (Fsp3) is 0.600. The van der Waals surface area contributed by atoms with E-state index in [2.05, 4.69) is 21.4 Å². The monoisotopic (exact) mass is 326 g/mol. The summed E-state index contributed by atoms with van der Waals surface area (Å²) in [6.07, 6.45) is 6.52. The summed E-state index contributed by atoms with van der Waals surface area (Å²) < 4.78 is 14.2. The first kappa shape index (κ1) is 13.5. The van der Waals surface area contributed by atoms with Crippen LogP contribution in [0.25, 0.3) is 0 Å². The standard InChI is InChI=1S/C15H20BrFN2/c16-15-12(2-1-3-13(15)17)14(19-18)8-11-7-9-4-5-10(11)6-9/h1-3,9-11,14,19H,4-8,18H2. The highest BCUT2D eigenvalue weighted by molar-refractivity contribution is 9.10. The van der Waals surface area contributed by atoms with Crippen LogP contribution in [-0.4, -0.2) is 0 Å². The molecule has 19 heavy (non-hydrogen) atoms. The molecule has 0 spiro atoms. The maximum atomic E-state index is 13.6. The van der Waals surface area contributed by atoms with E-state index in [9.17, 15) is 4.39 Å². The molecule has 104 valence electrons. The van der Waals surface area contributed by atoms with Crippen molar-refractivity contribution in [2.75, 3.05) is 0 Å². The molecule has 0 radical (unpaired) electrons. The first-order chi connectivity index (χ1) is 9.19. The van der Waals surface area contributed by atoms with Crippen LogP contribution in [0.1, 0.15) is 43.7 Å². The molecule has 0 aliphatic heterocycles. The van der Waals surface area contributed by atoms with E-state index in [-0.39, 0.29) is 11.9 Å². The third-order valence-corrected chi connectivity index (χ3v) is 5.82. The zero-order valence-corrected chi connectivity index (χ0v) is 12.5. The number of rotatable bonds is 4. The van der Waals surface area contributed by atoms with Gasteiger partial charge in [0.1, 0.15) is 5.82 Å². The number of nitrogens with one attached hydrogen (secondary N) is 1. The lowest BCUT2D eigenvalue weighted by atomic mass is 9.83. The van der Waals surface area contributed by atoms with Gasteiger partial charge in [0.2, 0.25) is 0 Å². The summed E-state index contributed by atoms with van der Waals surface area (Å²) in [5.74, 6) is 8.04. The van der Waals surface area contributed by atoms with E-state index in [4.69, 9.17) is 5.84 Å². The number of hydrogen-bond donors (Lipinski definition) is 2. The number of benzene rings is 1. The SMILES string of the molecule is NNC(CC1CC2CCC1C2)c1cccc(F)c1Br. The molecule has 0 heterocycles. The molecule has 0 aromatic heterocycles. The van der Waals surface area contributed by atoms with Crippen LogP contribution >= 0.6 is 15.9 Å². The Kier molecular flexibility index (Phi) is 3.92. The van der Waals surface area contributed by atoms with Gasteiger partial charge in [-0.05, 0) is 71.0 Å². The summed E-state index contributed by atoms with van der Waals surface area (Å²) in [6.45, 7) is 0. The molecule has 4 unspecified atom stereocenters. The molecule has 2 aliphatic carbocycles. The van der Waals surface area contributed by atoms with Gasteiger partial charge >= 0.3 is 0 Å². The molecule has 2 aliphatic rings. The molecule has 1 aromatic carbocycles. The van der Waals surface area contributed by atoms with Crippen LogP contribution in [0, 0.1) is 23.6 Å². The quantitative estimate of drug-likeness (QED) is 0.650. The van der Waals surface area contributed by atoms with E-state index in [0.717, 1.165) is 29.7 Å². The maximum absolute atomic E-state index is 13.6. The fourth-order valence-corrected chi connectivity index (χ4v) is 4.58. The van der Waals surface area contributed by atoms with Crippen LogP contribution in [-0.2, 0) is 0 Å². The van der Waals surface area contributed by atoms with Crippen molar-refractivity contribution >= 4 is 15.9 Å². The molecule has 3 rings (SSSR count). The highest BCUT2D eigenvalue weighted by Crippen LogP contribution is 2.51. The van der Waals surface area contributed by atoms with Gasteiger partial charge in [-0.25, -0.2) is 4.39 Å². The van der Waals surface area contributed by atoms with Gasteiger partial charge in [0.25, 0.3) is 0 Å². The second kappa shape index (κ2) is 5.51. The van der Waals surface area contributed by atoms with E-state index in [1.807, 2.05) is 6.07 Å². The third kappa shape index (κ3) is 2.58. The van der Waals surface area contributed by atoms with Crippen molar-refractivity contribution in [1.82, 2.24) is 5.43 Å². The van der Waals surface area contributed by atoms with Crippen molar-refractivity contribution < 1.29 is 4.39 Å². The third-order valence-electron chi connectivity index (χ3n) is 4.98. The van der Waals surface area contributed by atoms with Crippen molar-refractivity contribution in [2.45, 2.75) is 38.1 Å². The molecular weight excluding hydrogens is 307 g/mol. The average Bonchev–Trinajstić information content (AvgIpc) is 3.02. The van der Waals surface area contributed by atoms with Crippen LogP contribution < -0.4 is 11.3 Å². The molecule has 0 amide bonds. The number of hydrazine groups is 1. The molecule has 1 aromatic rings. The average molecular weight is 327 g/mol. The van der Waals surface area contributed by atoms with Crippen molar-refractivity contribution in [3.05, 3.63) is 34.1 Å². The number of hydrogen-bond acceptors (Lipinski definition) is 2. The van der Waals surface area contributed by atoms with Crippen molar-refractivity contribution in [3.63, 3.8) is 0 Å². The Labute approximate surface area is 122 Å². The molecule has 3 N–H and O–H groups in total. The minimum atomic E-state index is -0.217. The number of halogens is 2. The summed E-state index contributed by atoms with van der Waals surface area (Å²) in [6, 6.07) is 5.21. The van der Waals surface area contributed by atoms with E-state index in [1.165, 1.54) is 31.7 Å². The van der Waals surface area contributed by atoms with Crippen LogP contribution in [0.3, 0.4) is 0 Å². The van der Waals surface area contributed by atoms with Crippen LogP contribution in [0.5, 0.6) is 0 Å². The topological polar surface area (TPSA) is 38.0 Å². The van der Waals surface area contributed by atoms with Gasteiger partial charge in [-0.3, -0.25) is 11.3 Å². The van der Waals surface area contributed by atoms with Gasteiger partial charge in [-0.15, -0.1) is 0 Å². The van der Waals surface area contributed by atoms with Gasteiger partial charge in [-0.2, -0.15) is 0 Å². The molecule has 2 nitrogen and oxygen atoms in total. The van der Waals surface area contributed by atoms with Gasteiger partial charge in [0.05, 0.1) is 4.47 Å². The fourth-order valence-electron chi connectivity index (χ4n) is 4.04.